The van der Waals surface area contributed by atoms with E-state index in [9.17, 15) is 18.0 Å². The van der Waals surface area contributed by atoms with Gasteiger partial charge in [-0.15, -0.1) is 0 Å². The molecule has 1 aromatic carbocycles. The molecule has 0 atom stereocenters. The van der Waals surface area contributed by atoms with Crippen molar-refractivity contribution in [2.75, 3.05) is 24.5 Å². The minimum Gasteiger partial charge on any atom is -0.346 e. The van der Waals surface area contributed by atoms with Crippen molar-refractivity contribution < 1.29 is 18.0 Å². The van der Waals surface area contributed by atoms with Gasteiger partial charge in [-0.05, 0) is 29.8 Å². The summed E-state index contributed by atoms with van der Waals surface area (Å²) in [7, 11) is 0. The van der Waals surface area contributed by atoms with Crippen molar-refractivity contribution in [2.24, 2.45) is 0 Å². The van der Waals surface area contributed by atoms with E-state index >= 15 is 0 Å². The summed E-state index contributed by atoms with van der Waals surface area (Å²) in [5.74, 6) is 0.00901. The summed E-state index contributed by atoms with van der Waals surface area (Å²) in [4.78, 5) is 19.2. The molecule has 1 aliphatic rings. The van der Waals surface area contributed by atoms with Crippen molar-refractivity contribution in [3.63, 3.8) is 0 Å². The van der Waals surface area contributed by atoms with Gasteiger partial charge in [0.1, 0.15) is 11.5 Å². The molecule has 1 aromatic heterocycles. The van der Waals surface area contributed by atoms with Gasteiger partial charge in [0.25, 0.3) is 0 Å². The molecule has 0 unspecified atom stereocenters. The van der Waals surface area contributed by atoms with E-state index in [-0.39, 0.29) is 18.3 Å². The molecule has 1 fully saturated rings. The first kappa shape index (κ1) is 17.5. The Hall–Kier alpha value is -2.28. The van der Waals surface area contributed by atoms with Gasteiger partial charge in [-0.25, -0.2) is 4.98 Å². The van der Waals surface area contributed by atoms with E-state index in [1.807, 2.05) is 12.1 Å². The van der Waals surface area contributed by atoms with Crippen LogP contribution in [0.4, 0.5) is 19.0 Å². The molecule has 1 saturated heterocycles. The molecule has 3 rings (SSSR count). The molecule has 132 valence electrons. The van der Waals surface area contributed by atoms with Crippen LogP contribution < -0.4 is 4.90 Å². The average Bonchev–Trinajstić information content (AvgIpc) is 2.58. The maximum atomic E-state index is 12.8. The number of hydrogen-bond acceptors (Lipinski definition) is 3. The van der Waals surface area contributed by atoms with E-state index in [2.05, 4.69) is 4.98 Å². The summed E-state index contributed by atoms with van der Waals surface area (Å²) in [5, 5.41) is 0.621. The zero-order valence-electron chi connectivity index (χ0n) is 13.1. The number of hydrogen-bond donors (Lipinski definition) is 0. The number of carbonyl (C=O) groups excluding carboxylic acids is 1. The SMILES string of the molecule is O=C1CN(c2cccc(C(F)(F)F)n2)CCN1Cc1ccc(Cl)cc1. The van der Waals surface area contributed by atoms with Gasteiger partial charge in [0.05, 0.1) is 6.54 Å². The third kappa shape index (κ3) is 4.22. The second kappa shape index (κ2) is 6.92. The highest BCUT2D eigenvalue weighted by Crippen LogP contribution is 2.29. The van der Waals surface area contributed by atoms with Crippen LogP contribution in [0.25, 0.3) is 0 Å². The van der Waals surface area contributed by atoms with Crippen LogP contribution in [0.3, 0.4) is 0 Å². The number of piperazine rings is 1. The average molecular weight is 370 g/mol. The van der Waals surface area contributed by atoms with Crippen molar-refractivity contribution >= 4 is 23.3 Å². The van der Waals surface area contributed by atoms with Crippen molar-refractivity contribution in [1.82, 2.24) is 9.88 Å². The topological polar surface area (TPSA) is 36.4 Å². The molecule has 2 heterocycles. The Balaban J connectivity index is 1.67. The van der Waals surface area contributed by atoms with E-state index < -0.39 is 11.9 Å². The van der Waals surface area contributed by atoms with Crippen LogP contribution in [0.2, 0.25) is 5.02 Å². The fraction of sp³-hybridized carbons (Fsp3) is 0.294. The molecule has 0 N–H and O–H groups in total. The zero-order valence-corrected chi connectivity index (χ0v) is 13.9. The summed E-state index contributed by atoms with van der Waals surface area (Å²) in [6.45, 7) is 1.29. The summed E-state index contributed by atoms with van der Waals surface area (Å²) in [6, 6.07) is 10.9. The fourth-order valence-corrected chi connectivity index (χ4v) is 2.76. The summed E-state index contributed by atoms with van der Waals surface area (Å²) < 4.78 is 38.3. The molecule has 8 heteroatoms. The predicted molar refractivity (Wildman–Crippen MR) is 88.3 cm³/mol. The normalized spacial score (nSPS) is 15.6. The lowest BCUT2D eigenvalue weighted by Crippen LogP contribution is -2.50. The highest BCUT2D eigenvalue weighted by atomic mass is 35.5. The molecule has 0 bridgehead atoms. The quantitative estimate of drug-likeness (QED) is 0.829. The Morgan fingerprint density at radius 1 is 1.08 bits per heavy atom. The molecular formula is C17H15ClF3N3O. The van der Waals surface area contributed by atoms with Crippen LogP contribution in [-0.4, -0.2) is 35.4 Å². The molecule has 1 aliphatic heterocycles. The third-order valence-corrected chi connectivity index (χ3v) is 4.21. The number of pyridine rings is 1. The number of carbonyl (C=O) groups is 1. The third-order valence-electron chi connectivity index (χ3n) is 3.95. The van der Waals surface area contributed by atoms with Gasteiger partial charge < -0.3 is 9.80 Å². The molecule has 0 saturated carbocycles. The van der Waals surface area contributed by atoms with Gasteiger partial charge >= 0.3 is 6.18 Å². The molecule has 4 nitrogen and oxygen atoms in total. The number of aromatic nitrogens is 1. The van der Waals surface area contributed by atoms with Crippen LogP contribution in [0, 0.1) is 0 Å². The molecule has 1 amide bonds. The van der Waals surface area contributed by atoms with Gasteiger partial charge in [-0.2, -0.15) is 13.2 Å². The van der Waals surface area contributed by atoms with E-state index in [1.165, 1.54) is 12.1 Å². The Labute approximate surface area is 147 Å². The highest BCUT2D eigenvalue weighted by molar-refractivity contribution is 6.30. The van der Waals surface area contributed by atoms with E-state index in [0.29, 0.717) is 24.7 Å². The first-order valence-electron chi connectivity index (χ1n) is 7.64. The van der Waals surface area contributed by atoms with E-state index in [4.69, 9.17) is 11.6 Å². The lowest BCUT2D eigenvalue weighted by molar-refractivity contribution is -0.141. The van der Waals surface area contributed by atoms with Crippen molar-refractivity contribution in [3.05, 3.63) is 58.7 Å². The highest BCUT2D eigenvalue weighted by Gasteiger charge is 2.33. The number of anilines is 1. The smallest absolute Gasteiger partial charge is 0.346 e. The van der Waals surface area contributed by atoms with Crippen LogP contribution in [0.1, 0.15) is 11.3 Å². The zero-order chi connectivity index (χ0) is 18.0. The van der Waals surface area contributed by atoms with E-state index in [0.717, 1.165) is 11.6 Å². The molecule has 0 spiro atoms. The minimum absolute atomic E-state index is 0.00189. The fourth-order valence-electron chi connectivity index (χ4n) is 2.64. The van der Waals surface area contributed by atoms with Gasteiger partial charge in [-0.1, -0.05) is 29.8 Å². The number of nitrogens with zero attached hydrogens (tertiary/aromatic N) is 3. The molecule has 2 aromatic rings. The second-order valence-corrected chi connectivity index (χ2v) is 6.18. The predicted octanol–water partition coefficient (Wildman–Crippen LogP) is 3.60. The minimum atomic E-state index is -4.50. The van der Waals surface area contributed by atoms with Crippen molar-refractivity contribution in [2.45, 2.75) is 12.7 Å². The molecular weight excluding hydrogens is 355 g/mol. The van der Waals surface area contributed by atoms with Crippen molar-refractivity contribution in [1.29, 1.82) is 0 Å². The first-order chi connectivity index (χ1) is 11.8. The maximum Gasteiger partial charge on any atom is 0.433 e. The summed E-state index contributed by atoms with van der Waals surface area (Å²) in [6.07, 6.45) is -4.50. The Morgan fingerprint density at radius 3 is 2.44 bits per heavy atom. The van der Waals surface area contributed by atoms with Crippen molar-refractivity contribution in [3.8, 4) is 0 Å². The number of alkyl halides is 3. The lowest BCUT2D eigenvalue weighted by atomic mass is 10.2. The van der Waals surface area contributed by atoms with E-state index in [1.54, 1.807) is 21.9 Å². The maximum absolute atomic E-state index is 12.8. The van der Waals surface area contributed by atoms with Gasteiger partial charge in [0.15, 0.2) is 0 Å². The molecule has 0 aliphatic carbocycles. The summed E-state index contributed by atoms with van der Waals surface area (Å²) >= 11 is 5.84. The number of halogens is 4. The largest absolute Gasteiger partial charge is 0.433 e. The second-order valence-electron chi connectivity index (χ2n) is 5.74. The van der Waals surface area contributed by atoms with Crippen LogP contribution in [0.15, 0.2) is 42.5 Å². The standard InChI is InChI=1S/C17H15ClF3N3O/c18-13-6-4-12(5-7-13)10-24-9-8-23(11-16(24)25)15-3-1-2-14(22-15)17(19,20)21/h1-7H,8-11H2. The first-order valence-corrected chi connectivity index (χ1v) is 8.02. The Kier molecular flexibility index (Phi) is 4.85. The monoisotopic (exact) mass is 369 g/mol. The summed E-state index contributed by atoms with van der Waals surface area (Å²) in [5.41, 5.74) is -0.00978. The number of rotatable bonds is 3. The Morgan fingerprint density at radius 2 is 1.80 bits per heavy atom. The van der Waals surface area contributed by atoms with Gasteiger partial charge in [-0.3, -0.25) is 4.79 Å². The Bertz CT molecular complexity index is 764. The lowest BCUT2D eigenvalue weighted by Gasteiger charge is -2.35. The molecule has 0 radical (unpaired) electrons. The molecule has 25 heavy (non-hydrogen) atoms. The number of amides is 1. The van der Waals surface area contributed by atoms with Crippen LogP contribution in [0.5, 0.6) is 0 Å². The van der Waals surface area contributed by atoms with Gasteiger partial charge in [0.2, 0.25) is 5.91 Å². The number of benzene rings is 1. The van der Waals surface area contributed by atoms with Gasteiger partial charge in [0, 0.05) is 24.7 Å². The van der Waals surface area contributed by atoms with Crippen LogP contribution >= 0.6 is 11.6 Å². The van der Waals surface area contributed by atoms with Crippen LogP contribution in [-0.2, 0) is 17.5 Å².